The summed E-state index contributed by atoms with van der Waals surface area (Å²) in [6, 6.07) is 7.54. The molecular weight excluding hydrogens is 351 g/mol. The maximum absolute atomic E-state index is 12.8. The quantitative estimate of drug-likeness (QED) is 0.834. The highest BCUT2D eigenvalue weighted by molar-refractivity contribution is 9.10. The molecule has 0 fully saturated rings. The van der Waals surface area contributed by atoms with E-state index in [2.05, 4.69) is 15.9 Å². The lowest BCUT2D eigenvalue weighted by Crippen LogP contribution is -2.28. The number of nitrogens with zero attached hydrogens (tertiary/aromatic N) is 1. The SMILES string of the molecule is COc1ccc(Cn2cc(Br)cc(C(F)(F)F)c2=O)cc1. The fourth-order valence-corrected chi connectivity index (χ4v) is 2.32. The van der Waals surface area contributed by atoms with Gasteiger partial charge in [-0.25, -0.2) is 0 Å². The van der Waals surface area contributed by atoms with Gasteiger partial charge in [-0.1, -0.05) is 12.1 Å². The predicted octanol–water partition coefficient (Wildman–Crippen LogP) is 3.69. The molecule has 0 aliphatic carbocycles. The van der Waals surface area contributed by atoms with Gasteiger partial charge in [-0.3, -0.25) is 4.79 Å². The summed E-state index contributed by atoms with van der Waals surface area (Å²) in [6.07, 6.45) is -3.34. The highest BCUT2D eigenvalue weighted by Gasteiger charge is 2.34. The predicted molar refractivity (Wildman–Crippen MR) is 75.5 cm³/mol. The Labute approximate surface area is 127 Å². The summed E-state index contributed by atoms with van der Waals surface area (Å²) < 4.78 is 44.6. The van der Waals surface area contributed by atoms with Crippen molar-refractivity contribution in [2.24, 2.45) is 0 Å². The van der Waals surface area contributed by atoms with Crippen LogP contribution in [0.2, 0.25) is 0 Å². The third kappa shape index (κ3) is 3.66. The maximum atomic E-state index is 12.8. The van der Waals surface area contributed by atoms with Crippen LogP contribution in [0.25, 0.3) is 0 Å². The van der Waals surface area contributed by atoms with Crippen LogP contribution in [0.1, 0.15) is 11.1 Å². The molecule has 0 spiro atoms. The number of rotatable bonds is 3. The number of benzene rings is 1. The summed E-state index contributed by atoms with van der Waals surface area (Å²) in [5, 5.41) is 0. The molecule has 0 unspecified atom stereocenters. The van der Waals surface area contributed by atoms with Crippen molar-refractivity contribution in [2.45, 2.75) is 12.7 Å². The van der Waals surface area contributed by atoms with Crippen molar-refractivity contribution in [1.82, 2.24) is 4.57 Å². The Balaban J connectivity index is 2.40. The summed E-state index contributed by atoms with van der Waals surface area (Å²) in [5.74, 6) is 0.635. The van der Waals surface area contributed by atoms with E-state index in [1.807, 2.05) is 0 Å². The first-order chi connectivity index (χ1) is 9.81. The zero-order valence-electron chi connectivity index (χ0n) is 10.9. The van der Waals surface area contributed by atoms with Crippen LogP contribution in [0.15, 0.2) is 45.8 Å². The summed E-state index contributed by atoms with van der Waals surface area (Å²) in [6.45, 7) is 0.0470. The first-order valence-corrected chi connectivity index (χ1v) is 6.70. The number of aromatic nitrogens is 1. The van der Waals surface area contributed by atoms with Gasteiger partial charge < -0.3 is 9.30 Å². The number of ether oxygens (including phenoxy) is 1. The molecular formula is C14H11BrF3NO2. The van der Waals surface area contributed by atoms with E-state index in [1.165, 1.54) is 13.3 Å². The van der Waals surface area contributed by atoms with E-state index in [9.17, 15) is 18.0 Å². The van der Waals surface area contributed by atoms with Gasteiger partial charge in [0, 0.05) is 10.7 Å². The third-order valence-corrected chi connectivity index (χ3v) is 3.30. The van der Waals surface area contributed by atoms with E-state index in [-0.39, 0.29) is 11.0 Å². The normalized spacial score (nSPS) is 11.5. The Morgan fingerprint density at radius 3 is 2.38 bits per heavy atom. The van der Waals surface area contributed by atoms with Crippen molar-refractivity contribution < 1.29 is 17.9 Å². The van der Waals surface area contributed by atoms with Crippen molar-refractivity contribution in [3.8, 4) is 5.75 Å². The van der Waals surface area contributed by atoms with Gasteiger partial charge in [0.15, 0.2) is 0 Å². The van der Waals surface area contributed by atoms with Crippen LogP contribution >= 0.6 is 15.9 Å². The highest BCUT2D eigenvalue weighted by atomic mass is 79.9. The second-order valence-corrected chi connectivity index (χ2v) is 5.27. The molecule has 21 heavy (non-hydrogen) atoms. The van der Waals surface area contributed by atoms with Gasteiger partial charge in [-0.2, -0.15) is 13.2 Å². The number of pyridine rings is 1. The van der Waals surface area contributed by atoms with Crippen LogP contribution in [0, 0.1) is 0 Å². The number of halogens is 4. The zero-order chi connectivity index (χ0) is 15.6. The molecule has 2 rings (SSSR count). The van der Waals surface area contributed by atoms with E-state index in [0.717, 1.165) is 10.6 Å². The molecule has 0 aliphatic rings. The lowest BCUT2D eigenvalue weighted by atomic mass is 10.2. The second-order valence-electron chi connectivity index (χ2n) is 4.35. The molecule has 1 heterocycles. The van der Waals surface area contributed by atoms with Crippen molar-refractivity contribution in [3.63, 3.8) is 0 Å². The molecule has 0 aliphatic heterocycles. The average molecular weight is 362 g/mol. The number of hydrogen-bond donors (Lipinski definition) is 0. The number of methoxy groups -OCH3 is 1. The van der Waals surface area contributed by atoms with Gasteiger partial charge in [-0.15, -0.1) is 0 Å². The molecule has 0 radical (unpaired) electrons. The molecule has 112 valence electrons. The Morgan fingerprint density at radius 1 is 1.24 bits per heavy atom. The first-order valence-electron chi connectivity index (χ1n) is 5.91. The lowest BCUT2D eigenvalue weighted by Gasteiger charge is -2.12. The summed E-state index contributed by atoms with van der Waals surface area (Å²) in [4.78, 5) is 11.9. The Kier molecular flexibility index (Phi) is 4.41. The molecule has 0 atom stereocenters. The van der Waals surface area contributed by atoms with Crippen LogP contribution in [0.5, 0.6) is 5.75 Å². The van der Waals surface area contributed by atoms with E-state index in [4.69, 9.17) is 4.74 Å². The molecule has 0 bridgehead atoms. The van der Waals surface area contributed by atoms with Crippen molar-refractivity contribution in [1.29, 1.82) is 0 Å². The monoisotopic (exact) mass is 361 g/mol. The van der Waals surface area contributed by atoms with Crippen LogP contribution in [0.3, 0.4) is 0 Å². The number of alkyl halides is 3. The van der Waals surface area contributed by atoms with Gasteiger partial charge in [0.2, 0.25) is 0 Å². The smallest absolute Gasteiger partial charge is 0.421 e. The minimum absolute atomic E-state index is 0.0470. The van der Waals surface area contributed by atoms with E-state index in [0.29, 0.717) is 11.3 Å². The molecule has 0 N–H and O–H groups in total. The van der Waals surface area contributed by atoms with Crippen LogP contribution < -0.4 is 10.3 Å². The average Bonchev–Trinajstić information content (AvgIpc) is 2.42. The molecule has 0 amide bonds. The van der Waals surface area contributed by atoms with Gasteiger partial charge >= 0.3 is 6.18 Å². The number of hydrogen-bond acceptors (Lipinski definition) is 2. The second kappa shape index (κ2) is 5.93. The summed E-state index contributed by atoms with van der Waals surface area (Å²) in [7, 11) is 1.52. The Bertz CT molecular complexity index is 693. The molecule has 7 heteroatoms. The molecule has 1 aromatic heterocycles. The fraction of sp³-hybridized carbons (Fsp3) is 0.214. The topological polar surface area (TPSA) is 31.2 Å². The lowest BCUT2D eigenvalue weighted by molar-refractivity contribution is -0.139. The van der Waals surface area contributed by atoms with E-state index in [1.54, 1.807) is 24.3 Å². The van der Waals surface area contributed by atoms with Gasteiger partial charge in [0.25, 0.3) is 5.56 Å². The van der Waals surface area contributed by atoms with E-state index < -0.39 is 17.3 Å². The summed E-state index contributed by atoms with van der Waals surface area (Å²) >= 11 is 3.00. The van der Waals surface area contributed by atoms with Gasteiger partial charge in [0.1, 0.15) is 11.3 Å². The zero-order valence-corrected chi connectivity index (χ0v) is 12.5. The maximum Gasteiger partial charge on any atom is 0.421 e. The van der Waals surface area contributed by atoms with Gasteiger partial charge in [0.05, 0.1) is 13.7 Å². The summed E-state index contributed by atoms with van der Waals surface area (Å²) in [5.41, 5.74) is -1.56. The van der Waals surface area contributed by atoms with E-state index >= 15 is 0 Å². The van der Waals surface area contributed by atoms with Crippen molar-refractivity contribution in [3.05, 3.63) is 62.5 Å². The van der Waals surface area contributed by atoms with Crippen LogP contribution in [-0.4, -0.2) is 11.7 Å². The largest absolute Gasteiger partial charge is 0.497 e. The van der Waals surface area contributed by atoms with Crippen LogP contribution in [0.4, 0.5) is 13.2 Å². The third-order valence-electron chi connectivity index (χ3n) is 2.87. The highest BCUT2D eigenvalue weighted by Crippen LogP contribution is 2.28. The van der Waals surface area contributed by atoms with Crippen molar-refractivity contribution in [2.75, 3.05) is 7.11 Å². The molecule has 0 saturated carbocycles. The Morgan fingerprint density at radius 2 is 1.86 bits per heavy atom. The Hall–Kier alpha value is -1.76. The van der Waals surface area contributed by atoms with Crippen molar-refractivity contribution >= 4 is 15.9 Å². The minimum atomic E-state index is -4.68. The molecule has 0 saturated heterocycles. The first kappa shape index (κ1) is 15.6. The van der Waals surface area contributed by atoms with Crippen LogP contribution in [-0.2, 0) is 12.7 Å². The molecule has 1 aromatic carbocycles. The minimum Gasteiger partial charge on any atom is -0.497 e. The fourth-order valence-electron chi connectivity index (χ4n) is 1.85. The molecule has 2 aromatic rings. The van der Waals surface area contributed by atoms with Gasteiger partial charge in [-0.05, 0) is 39.7 Å². The molecule has 3 nitrogen and oxygen atoms in total. The standard InChI is InChI=1S/C14H11BrF3NO2/c1-21-11-4-2-9(3-5-11)7-19-8-10(15)6-12(13(19)20)14(16,17)18/h2-6,8H,7H2,1H3.